The maximum absolute atomic E-state index is 12.6. The van der Waals surface area contributed by atoms with Crippen LogP contribution in [0.1, 0.15) is 42.6 Å². The van der Waals surface area contributed by atoms with Gasteiger partial charge < -0.3 is 10.2 Å². The lowest BCUT2D eigenvalue weighted by Gasteiger charge is -2.21. The summed E-state index contributed by atoms with van der Waals surface area (Å²) in [4.78, 5) is 18.7. The first-order valence-electron chi connectivity index (χ1n) is 8.22. The van der Waals surface area contributed by atoms with Gasteiger partial charge in [0.2, 0.25) is 0 Å². The first-order chi connectivity index (χ1) is 11.1. The molecule has 0 radical (unpaired) electrons. The third-order valence-electron chi connectivity index (χ3n) is 3.60. The minimum Gasteiger partial charge on any atom is -0.354 e. The van der Waals surface area contributed by atoms with Gasteiger partial charge in [-0.3, -0.25) is 9.78 Å². The number of nitrogens with zero attached hydrogens (tertiary/aromatic N) is 2. The Hall–Kier alpha value is -2.36. The number of aryl methyl sites for hydroxylation is 1. The van der Waals surface area contributed by atoms with Crippen LogP contribution in [-0.2, 0) is 0 Å². The second-order valence-electron chi connectivity index (χ2n) is 5.75. The molecule has 0 aliphatic carbocycles. The molecule has 0 unspecified atom stereocenters. The summed E-state index contributed by atoms with van der Waals surface area (Å²) in [5.74, 6) is 0.0498. The molecule has 1 aromatic heterocycles. The van der Waals surface area contributed by atoms with Gasteiger partial charge in [0.25, 0.3) is 5.91 Å². The predicted molar refractivity (Wildman–Crippen MR) is 95.2 cm³/mol. The fourth-order valence-corrected chi connectivity index (χ4v) is 2.47. The molecule has 0 aliphatic rings. The van der Waals surface area contributed by atoms with Crippen molar-refractivity contribution < 1.29 is 4.79 Å². The van der Waals surface area contributed by atoms with Gasteiger partial charge in [0.1, 0.15) is 0 Å². The van der Waals surface area contributed by atoms with Gasteiger partial charge in [0.05, 0.1) is 17.4 Å². The molecule has 0 saturated heterocycles. The lowest BCUT2D eigenvalue weighted by Crippen LogP contribution is -2.32. The summed E-state index contributed by atoms with van der Waals surface area (Å²) in [6.07, 6.45) is 5.29. The fraction of sp³-hybridized carbons (Fsp3) is 0.368. The first kappa shape index (κ1) is 17.0. The molecule has 0 saturated carbocycles. The normalized spacial score (nSPS) is 10.4. The highest BCUT2D eigenvalue weighted by molar-refractivity contribution is 5.94. The maximum atomic E-state index is 12.6. The van der Waals surface area contributed by atoms with Crippen LogP contribution in [-0.4, -0.2) is 28.9 Å². The number of amides is 1. The molecule has 23 heavy (non-hydrogen) atoms. The van der Waals surface area contributed by atoms with Crippen molar-refractivity contribution >= 4 is 17.3 Å². The van der Waals surface area contributed by atoms with Crippen molar-refractivity contribution in [3.8, 4) is 0 Å². The smallest absolute Gasteiger partial charge is 0.255 e. The Morgan fingerprint density at radius 1 is 1.04 bits per heavy atom. The maximum Gasteiger partial charge on any atom is 0.255 e. The molecule has 1 N–H and O–H groups in total. The number of carbonyl (C=O) groups excluding carboxylic acids is 1. The second-order valence-corrected chi connectivity index (χ2v) is 5.75. The molecule has 2 aromatic rings. The average Bonchev–Trinajstić information content (AvgIpc) is 2.56. The van der Waals surface area contributed by atoms with Crippen LogP contribution < -0.4 is 5.32 Å². The Morgan fingerprint density at radius 2 is 1.70 bits per heavy atom. The summed E-state index contributed by atoms with van der Waals surface area (Å²) in [6, 6.07) is 10.0. The molecular weight excluding hydrogens is 286 g/mol. The van der Waals surface area contributed by atoms with Crippen LogP contribution in [0.2, 0.25) is 0 Å². The lowest BCUT2D eigenvalue weighted by atomic mass is 10.2. The van der Waals surface area contributed by atoms with Gasteiger partial charge in [-0.1, -0.05) is 31.5 Å². The fourth-order valence-electron chi connectivity index (χ4n) is 2.47. The predicted octanol–water partition coefficient (Wildman–Crippen LogP) is 4.40. The monoisotopic (exact) mass is 311 g/mol. The van der Waals surface area contributed by atoms with Gasteiger partial charge in [-0.15, -0.1) is 0 Å². The third kappa shape index (κ3) is 4.81. The molecule has 0 bridgehead atoms. The molecule has 122 valence electrons. The summed E-state index contributed by atoms with van der Waals surface area (Å²) in [5.41, 5.74) is 3.66. The van der Waals surface area contributed by atoms with Crippen LogP contribution in [0.4, 0.5) is 11.4 Å². The number of rotatable bonds is 7. The molecule has 1 aromatic carbocycles. The lowest BCUT2D eigenvalue weighted by molar-refractivity contribution is 0.0755. The highest BCUT2D eigenvalue weighted by Gasteiger charge is 2.15. The molecule has 0 atom stereocenters. The Bertz CT molecular complexity index is 631. The van der Waals surface area contributed by atoms with E-state index in [1.165, 1.54) is 5.56 Å². The summed E-state index contributed by atoms with van der Waals surface area (Å²) in [6.45, 7) is 7.79. The van der Waals surface area contributed by atoms with Gasteiger partial charge in [-0.2, -0.15) is 0 Å². The summed E-state index contributed by atoms with van der Waals surface area (Å²) in [5, 5.41) is 3.30. The molecule has 2 rings (SSSR count). The number of anilines is 2. The van der Waals surface area contributed by atoms with E-state index in [1.54, 1.807) is 12.4 Å². The zero-order chi connectivity index (χ0) is 16.7. The Balaban J connectivity index is 2.14. The Morgan fingerprint density at radius 3 is 2.30 bits per heavy atom. The summed E-state index contributed by atoms with van der Waals surface area (Å²) in [7, 11) is 0. The van der Waals surface area contributed by atoms with E-state index in [0.717, 1.165) is 37.3 Å². The Labute approximate surface area is 138 Å². The van der Waals surface area contributed by atoms with Gasteiger partial charge in [-0.25, -0.2) is 0 Å². The van der Waals surface area contributed by atoms with Crippen LogP contribution >= 0.6 is 0 Å². The molecular formula is C19H25N3O. The van der Waals surface area contributed by atoms with Crippen molar-refractivity contribution in [3.63, 3.8) is 0 Å². The highest BCUT2D eigenvalue weighted by Crippen LogP contribution is 2.18. The van der Waals surface area contributed by atoms with E-state index in [4.69, 9.17) is 0 Å². The minimum atomic E-state index is 0.0498. The van der Waals surface area contributed by atoms with Crippen LogP contribution in [0, 0.1) is 6.92 Å². The van der Waals surface area contributed by atoms with Crippen molar-refractivity contribution in [2.45, 2.75) is 33.6 Å². The SMILES string of the molecule is CCCN(CCC)C(=O)c1cncc(Nc2ccc(C)cc2)c1. The number of pyridine rings is 1. The van der Waals surface area contributed by atoms with Crippen molar-refractivity contribution in [1.29, 1.82) is 0 Å². The van der Waals surface area contributed by atoms with Crippen molar-refractivity contribution in [2.75, 3.05) is 18.4 Å². The summed E-state index contributed by atoms with van der Waals surface area (Å²) < 4.78 is 0. The standard InChI is InChI=1S/C19H25N3O/c1-4-10-22(11-5-2)19(23)16-12-18(14-20-13-16)21-17-8-6-15(3)7-9-17/h6-9,12-14,21H,4-5,10-11H2,1-3H3. The van der Waals surface area contributed by atoms with E-state index >= 15 is 0 Å². The zero-order valence-electron chi connectivity index (χ0n) is 14.2. The van der Waals surface area contributed by atoms with Gasteiger partial charge in [0, 0.05) is 25.0 Å². The third-order valence-corrected chi connectivity index (χ3v) is 3.60. The van der Waals surface area contributed by atoms with Crippen molar-refractivity contribution in [3.05, 3.63) is 53.9 Å². The largest absolute Gasteiger partial charge is 0.354 e. The minimum absolute atomic E-state index is 0.0498. The number of benzene rings is 1. The molecule has 4 heteroatoms. The topological polar surface area (TPSA) is 45.2 Å². The number of hydrogen-bond donors (Lipinski definition) is 1. The second kappa shape index (κ2) is 8.32. The first-order valence-corrected chi connectivity index (χ1v) is 8.22. The number of nitrogens with one attached hydrogen (secondary N) is 1. The zero-order valence-corrected chi connectivity index (χ0v) is 14.2. The average molecular weight is 311 g/mol. The molecule has 1 amide bonds. The molecule has 4 nitrogen and oxygen atoms in total. The van der Waals surface area contributed by atoms with Crippen LogP contribution in [0.15, 0.2) is 42.7 Å². The van der Waals surface area contributed by atoms with Gasteiger partial charge >= 0.3 is 0 Å². The van der Waals surface area contributed by atoms with E-state index < -0.39 is 0 Å². The van der Waals surface area contributed by atoms with Gasteiger partial charge in [0.15, 0.2) is 0 Å². The van der Waals surface area contributed by atoms with Crippen molar-refractivity contribution in [1.82, 2.24) is 9.88 Å². The van der Waals surface area contributed by atoms with E-state index in [0.29, 0.717) is 5.56 Å². The number of hydrogen-bond acceptors (Lipinski definition) is 3. The van der Waals surface area contributed by atoms with E-state index in [1.807, 2.05) is 23.1 Å². The highest BCUT2D eigenvalue weighted by atomic mass is 16.2. The van der Waals surface area contributed by atoms with E-state index in [2.05, 4.69) is 43.2 Å². The molecule has 1 heterocycles. The van der Waals surface area contributed by atoms with Crippen LogP contribution in [0.25, 0.3) is 0 Å². The number of carbonyl (C=O) groups is 1. The van der Waals surface area contributed by atoms with Crippen LogP contribution in [0.5, 0.6) is 0 Å². The van der Waals surface area contributed by atoms with Gasteiger partial charge in [-0.05, 0) is 38.0 Å². The van der Waals surface area contributed by atoms with E-state index in [-0.39, 0.29) is 5.91 Å². The number of aromatic nitrogens is 1. The summed E-state index contributed by atoms with van der Waals surface area (Å²) >= 11 is 0. The Kier molecular flexibility index (Phi) is 6.15. The van der Waals surface area contributed by atoms with E-state index in [9.17, 15) is 4.79 Å². The quantitative estimate of drug-likeness (QED) is 0.824. The van der Waals surface area contributed by atoms with Crippen molar-refractivity contribution in [2.24, 2.45) is 0 Å². The van der Waals surface area contributed by atoms with Crippen LogP contribution in [0.3, 0.4) is 0 Å². The molecule has 0 aliphatic heterocycles. The molecule has 0 spiro atoms. The molecule has 0 fully saturated rings.